The van der Waals surface area contributed by atoms with Crippen molar-refractivity contribution in [3.05, 3.63) is 18.7 Å². The van der Waals surface area contributed by atoms with Gasteiger partial charge in [0.15, 0.2) is 6.54 Å². The maximum absolute atomic E-state index is 8.49. The summed E-state index contributed by atoms with van der Waals surface area (Å²) >= 11 is 1.89. The quantitative estimate of drug-likeness (QED) is 0.526. The minimum absolute atomic E-state index is 0.442. The van der Waals surface area contributed by atoms with E-state index in [1.54, 1.807) is 0 Å². The highest BCUT2D eigenvalue weighted by Crippen LogP contribution is 1.98. The Kier molecular flexibility index (Phi) is 5.16. The first-order valence-corrected chi connectivity index (χ1v) is 6.17. The molecule has 1 aromatic rings. The largest absolute Gasteiger partial charge is 0.244 e. The fraction of sp³-hybridized carbons (Fsp3) is 0.600. The van der Waals surface area contributed by atoms with Crippen LogP contribution in [-0.4, -0.2) is 16.6 Å². The molecule has 0 saturated carbocycles. The number of unbranched alkanes of at least 4 members (excludes halogenated alkanes) is 1. The molecule has 3 nitrogen and oxygen atoms in total. The summed E-state index contributed by atoms with van der Waals surface area (Å²) in [5.74, 6) is 1.24. The van der Waals surface area contributed by atoms with Crippen LogP contribution < -0.4 is 4.57 Å². The van der Waals surface area contributed by atoms with Crippen LogP contribution in [0, 0.1) is 11.3 Å². The van der Waals surface area contributed by atoms with Crippen LogP contribution in [0.4, 0.5) is 0 Å². The Morgan fingerprint density at radius 2 is 2.36 bits per heavy atom. The van der Waals surface area contributed by atoms with Gasteiger partial charge in [-0.25, -0.2) is 9.13 Å². The number of imidazole rings is 1. The van der Waals surface area contributed by atoms with Gasteiger partial charge in [-0.3, -0.25) is 0 Å². The standard InChI is InChI=1S/C10H16N3S/c1-14-9-3-2-5-12-7-8-13(10-12)6-4-11/h7-8,10H,2-3,5-6,9H2,1H3/q+1. The van der Waals surface area contributed by atoms with Gasteiger partial charge < -0.3 is 0 Å². The maximum Gasteiger partial charge on any atom is 0.244 e. The monoisotopic (exact) mass is 210 g/mol. The van der Waals surface area contributed by atoms with Crippen molar-refractivity contribution >= 4 is 11.8 Å². The third kappa shape index (κ3) is 3.84. The van der Waals surface area contributed by atoms with Gasteiger partial charge in [-0.05, 0) is 24.9 Å². The number of thioether (sulfide) groups is 1. The van der Waals surface area contributed by atoms with E-state index in [0.29, 0.717) is 6.54 Å². The van der Waals surface area contributed by atoms with Crippen molar-refractivity contribution in [1.29, 1.82) is 5.26 Å². The van der Waals surface area contributed by atoms with E-state index in [2.05, 4.69) is 16.9 Å². The van der Waals surface area contributed by atoms with Crippen LogP contribution in [0.5, 0.6) is 0 Å². The van der Waals surface area contributed by atoms with E-state index in [9.17, 15) is 0 Å². The van der Waals surface area contributed by atoms with E-state index in [4.69, 9.17) is 5.26 Å². The summed E-state index contributed by atoms with van der Waals surface area (Å²) in [6.07, 6.45) is 10.6. The van der Waals surface area contributed by atoms with Crippen LogP contribution in [0.3, 0.4) is 0 Å². The molecule has 0 atom stereocenters. The normalized spacial score (nSPS) is 10.0. The van der Waals surface area contributed by atoms with Crippen molar-refractivity contribution in [3.63, 3.8) is 0 Å². The van der Waals surface area contributed by atoms with Crippen LogP contribution in [0.25, 0.3) is 0 Å². The predicted molar refractivity (Wildman–Crippen MR) is 57.9 cm³/mol. The Morgan fingerprint density at radius 1 is 1.50 bits per heavy atom. The molecule has 1 heterocycles. The fourth-order valence-corrected chi connectivity index (χ4v) is 1.78. The van der Waals surface area contributed by atoms with Gasteiger partial charge in [0, 0.05) is 0 Å². The summed E-state index contributed by atoms with van der Waals surface area (Å²) in [6, 6.07) is 2.12. The van der Waals surface area contributed by atoms with Crippen molar-refractivity contribution in [2.45, 2.75) is 25.9 Å². The second-order valence-corrected chi connectivity index (χ2v) is 4.17. The van der Waals surface area contributed by atoms with Crippen molar-refractivity contribution in [2.24, 2.45) is 0 Å². The molecule has 0 aromatic carbocycles. The van der Waals surface area contributed by atoms with Crippen molar-refractivity contribution in [3.8, 4) is 6.07 Å². The summed E-state index contributed by atoms with van der Waals surface area (Å²) in [4.78, 5) is 0. The Bertz CT molecular complexity index is 301. The maximum atomic E-state index is 8.49. The van der Waals surface area contributed by atoms with E-state index in [1.165, 1.54) is 18.6 Å². The third-order valence-electron chi connectivity index (χ3n) is 2.01. The molecule has 0 amide bonds. The Morgan fingerprint density at radius 3 is 3.07 bits per heavy atom. The van der Waals surface area contributed by atoms with Crippen LogP contribution in [0.2, 0.25) is 0 Å². The highest BCUT2D eigenvalue weighted by atomic mass is 32.2. The van der Waals surface area contributed by atoms with Gasteiger partial charge in [0.25, 0.3) is 0 Å². The van der Waals surface area contributed by atoms with Crippen molar-refractivity contribution in [2.75, 3.05) is 12.0 Å². The van der Waals surface area contributed by atoms with Gasteiger partial charge >= 0.3 is 0 Å². The second kappa shape index (κ2) is 6.50. The second-order valence-electron chi connectivity index (χ2n) is 3.18. The zero-order chi connectivity index (χ0) is 10.2. The minimum Gasteiger partial charge on any atom is -0.237 e. The van der Waals surface area contributed by atoms with Gasteiger partial charge in [-0.1, -0.05) is 0 Å². The van der Waals surface area contributed by atoms with Crippen LogP contribution in [0.1, 0.15) is 12.8 Å². The van der Waals surface area contributed by atoms with Crippen molar-refractivity contribution in [1.82, 2.24) is 4.57 Å². The fourth-order valence-electron chi connectivity index (χ4n) is 1.29. The highest BCUT2D eigenvalue weighted by Gasteiger charge is 2.01. The number of nitrogens with zero attached hydrogens (tertiary/aromatic N) is 3. The Balaban J connectivity index is 2.26. The molecule has 0 aliphatic rings. The first-order valence-electron chi connectivity index (χ1n) is 4.77. The average Bonchev–Trinajstić information content (AvgIpc) is 2.61. The molecule has 1 rings (SSSR count). The molecule has 14 heavy (non-hydrogen) atoms. The van der Waals surface area contributed by atoms with Crippen LogP contribution in [0.15, 0.2) is 18.7 Å². The lowest BCUT2D eigenvalue weighted by Gasteiger charge is -1.95. The minimum atomic E-state index is 0.442. The van der Waals surface area contributed by atoms with E-state index in [1.807, 2.05) is 35.0 Å². The van der Waals surface area contributed by atoms with Gasteiger partial charge in [-0.15, -0.1) is 0 Å². The van der Waals surface area contributed by atoms with E-state index < -0.39 is 0 Å². The molecule has 76 valence electrons. The predicted octanol–water partition coefficient (Wildman–Crippen LogP) is 1.44. The lowest BCUT2D eigenvalue weighted by Crippen LogP contribution is -2.30. The number of aromatic nitrogens is 2. The molecule has 1 aromatic heterocycles. The molecule has 0 fully saturated rings. The Labute approximate surface area is 89.4 Å². The number of hydrogen-bond acceptors (Lipinski definition) is 2. The zero-order valence-electron chi connectivity index (χ0n) is 8.52. The summed E-state index contributed by atoms with van der Waals surface area (Å²) in [6.45, 7) is 1.50. The highest BCUT2D eigenvalue weighted by molar-refractivity contribution is 7.98. The van der Waals surface area contributed by atoms with Gasteiger partial charge in [-0.2, -0.15) is 17.0 Å². The van der Waals surface area contributed by atoms with Crippen molar-refractivity contribution < 1.29 is 4.57 Å². The molecule has 0 unspecified atom stereocenters. The molecule has 0 aliphatic carbocycles. The van der Waals surface area contributed by atoms with Gasteiger partial charge in [0.05, 0.1) is 6.54 Å². The summed E-state index contributed by atoms with van der Waals surface area (Å²) in [7, 11) is 0. The van der Waals surface area contributed by atoms with Crippen LogP contribution >= 0.6 is 11.8 Å². The SMILES string of the molecule is CSCCCC[n+]1ccn(CC#N)c1. The third-order valence-corrected chi connectivity index (χ3v) is 2.71. The molecule has 4 heteroatoms. The summed E-state index contributed by atoms with van der Waals surface area (Å²) in [5.41, 5.74) is 0. The van der Waals surface area contributed by atoms with Gasteiger partial charge in [0.1, 0.15) is 18.5 Å². The molecular formula is C10H16N3S+. The molecule has 0 radical (unpaired) electrons. The van der Waals surface area contributed by atoms with Gasteiger partial charge in [0.2, 0.25) is 6.33 Å². The first-order chi connectivity index (χ1) is 6.86. The first kappa shape index (κ1) is 11.1. The molecule has 0 bridgehead atoms. The summed E-state index contributed by atoms with van der Waals surface area (Å²) in [5, 5.41) is 8.49. The Hall–Kier alpha value is -0.950. The summed E-state index contributed by atoms with van der Waals surface area (Å²) < 4.78 is 4.03. The number of hydrogen-bond donors (Lipinski definition) is 0. The number of aryl methyl sites for hydroxylation is 1. The van der Waals surface area contributed by atoms with E-state index in [0.717, 1.165) is 6.54 Å². The number of nitriles is 1. The topological polar surface area (TPSA) is 32.6 Å². The average molecular weight is 210 g/mol. The molecular weight excluding hydrogens is 194 g/mol. The van der Waals surface area contributed by atoms with Crippen LogP contribution in [-0.2, 0) is 13.1 Å². The lowest BCUT2D eigenvalue weighted by atomic mass is 10.3. The lowest BCUT2D eigenvalue weighted by molar-refractivity contribution is -0.696. The molecule has 0 spiro atoms. The smallest absolute Gasteiger partial charge is 0.237 e. The molecule has 0 N–H and O–H groups in total. The molecule has 0 aliphatic heterocycles. The number of rotatable bonds is 6. The zero-order valence-corrected chi connectivity index (χ0v) is 9.33. The van der Waals surface area contributed by atoms with E-state index >= 15 is 0 Å². The van der Waals surface area contributed by atoms with E-state index in [-0.39, 0.29) is 0 Å². The molecule has 0 saturated heterocycles.